The van der Waals surface area contributed by atoms with Crippen molar-refractivity contribution in [1.82, 2.24) is 0 Å². The van der Waals surface area contributed by atoms with Crippen molar-refractivity contribution in [3.63, 3.8) is 0 Å². The zero-order chi connectivity index (χ0) is 11.3. The zero-order valence-corrected chi connectivity index (χ0v) is 9.32. The van der Waals surface area contributed by atoms with Crippen LogP contribution >= 0.6 is 0 Å². The lowest BCUT2D eigenvalue weighted by molar-refractivity contribution is 0.289. The van der Waals surface area contributed by atoms with E-state index in [-0.39, 0.29) is 11.9 Å². The topological polar surface area (TPSA) is 103 Å². The first-order valence-electron chi connectivity index (χ1n) is 5.47. The first-order chi connectivity index (χ1) is 7.08. The van der Waals surface area contributed by atoms with Gasteiger partial charge in [0.2, 0.25) is 5.96 Å². The zero-order valence-electron chi connectivity index (χ0n) is 9.32. The summed E-state index contributed by atoms with van der Waals surface area (Å²) >= 11 is 0. The molecule has 1 rings (SSSR count). The number of hydrogen-bond acceptors (Lipinski definition) is 1. The van der Waals surface area contributed by atoms with Gasteiger partial charge in [-0.2, -0.15) is 4.99 Å². The predicted molar refractivity (Wildman–Crippen MR) is 63.4 cm³/mol. The van der Waals surface area contributed by atoms with Crippen LogP contribution in [0.1, 0.15) is 32.6 Å². The Hall–Kier alpha value is -1.26. The summed E-state index contributed by atoms with van der Waals surface area (Å²) in [5.74, 6) is 1.60. The molecule has 0 spiro atoms. The van der Waals surface area contributed by atoms with Crippen LogP contribution in [0.3, 0.4) is 0 Å². The van der Waals surface area contributed by atoms with Crippen LogP contribution in [0.4, 0.5) is 0 Å². The average Bonchev–Trinajstić information content (AvgIpc) is 2.14. The molecule has 0 heterocycles. The Labute approximate surface area is 90.8 Å². The minimum absolute atomic E-state index is 0.0340. The molecule has 1 saturated carbocycles. The third-order valence-corrected chi connectivity index (χ3v) is 2.80. The van der Waals surface area contributed by atoms with Gasteiger partial charge < -0.3 is 17.2 Å². The third kappa shape index (κ3) is 4.67. The number of rotatable bonds is 2. The van der Waals surface area contributed by atoms with Gasteiger partial charge in [0.1, 0.15) is 0 Å². The quantitative estimate of drug-likeness (QED) is 0.455. The summed E-state index contributed by atoms with van der Waals surface area (Å²) in [5, 5.41) is 0. The number of aliphatic imine (C=N–C) groups is 2. The molecule has 1 fully saturated rings. The maximum Gasteiger partial charge on any atom is 0.218 e. The highest BCUT2D eigenvalue weighted by Gasteiger charge is 2.18. The van der Waals surface area contributed by atoms with E-state index in [0.29, 0.717) is 5.92 Å². The van der Waals surface area contributed by atoms with E-state index in [9.17, 15) is 0 Å². The van der Waals surface area contributed by atoms with E-state index in [4.69, 9.17) is 17.2 Å². The van der Waals surface area contributed by atoms with Crippen LogP contribution in [0.15, 0.2) is 9.98 Å². The molecule has 0 radical (unpaired) electrons. The lowest BCUT2D eigenvalue weighted by Crippen LogP contribution is -2.27. The molecule has 0 aromatic carbocycles. The van der Waals surface area contributed by atoms with Crippen molar-refractivity contribution in [2.24, 2.45) is 39.0 Å². The minimum Gasteiger partial charge on any atom is -0.370 e. The van der Waals surface area contributed by atoms with E-state index in [2.05, 4.69) is 16.9 Å². The lowest BCUT2D eigenvalue weighted by atomic mass is 9.82. The molecule has 5 nitrogen and oxygen atoms in total. The second kappa shape index (κ2) is 5.58. The van der Waals surface area contributed by atoms with Gasteiger partial charge in [0.25, 0.3) is 0 Å². The lowest BCUT2D eigenvalue weighted by Gasteiger charge is -2.25. The van der Waals surface area contributed by atoms with Crippen molar-refractivity contribution in [3.05, 3.63) is 0 Å². The van der Waals surface area contributed by atoms with Gasteiger partial charge in [-0.3, -0.25) is 4.99 Å². The number of nitrogens with zero attached hydrogens (tertiary/aromatic N) is 2. The van der Waals surface area contributed by atoms with E-state index in [1.165, 1.54) is 25.7 Å². The highest BCUT2D eigenvalue weighted by molar-refractivity contribution is 5.92. The summed E-state index contributed by atoms with van der Waals surface area (Å²) in [7, 11) is 0. The summed E-state index contributed by atoms with van der Waals surface area (Å²) in [5.41, 5.74) is 15.9. The van der Waals surface area contributed by atoms with Gasteiger partial charge in [0, 0.05) is 6.54 Å². The van der Waals surface area contributed by atoms with Crippen LogP contribution in [-0.4, -0.2) is 18.5 Å². The molecule has 2 atom stereocenters. The Kier molecular flexibility index (Phi) is 4.39. The first-order valence-corrected chi connectivity index (χ1v) is 5.47. The normalized spacial score (nSPS) is 27.4. The van der Waals surface area contributed by atoms with Gasteiger partial charge >= 0.3 is 0 Å². The standard InChI is InChI=1S/C10H21N5/c1-7-3-2-4-8(5-7)6-14-10(13)15-9(11)12/h7-8H,2-6H2,1H3,(H6,11,12,13,14,15). The molecule has 2 unspecified atom stereocenters. The summed E-state index contributed by atoms with van der Waals surface area (Å²) < 4.78 is 0. The van der Waals surface area contributed by atoms with E-state index in [1.54, 1.807) is 0 Å². The first kappa shape index (κ1) is 11.8. The van der Waals surface area contributed by atoms with Crippen LogP contribution in [0.5, 0.6) is 0 Å². The molecule has 86 valence electrons. The predicted octanol–water partition coefficient (Wildman–Crippen LogP) is 0.401. The molecule has 0 aliphatic heterocycles. The Morgan fingerprint density at radius 1 is 1.27 bits per heavy atom. The van der Waals surface area contributed by atoms with E-state index < -0.39 is 0 Å². The number of guanidine groups is 2. The molecule has 5 heteroatoms. The van der Waals surface area contributed by atoms with Gasteiger partial charge in [-0.1, -0.05) is 19.8 Å². The largest absolute Gasteiger partial charge is 0.370 e. The molecule has 0 bridgehead atoms. The van der Waals surface area contributed by atoms with Crippen LogP contribution in [-0.2, 0) is 0 Å². The number of hydrogen-bond donors (Lipinski definition) is 3. The molecular formula is C10H21N5. The SMILES string of the molecule is CC1CCCC(CN=C(N)N=C(N)N)C1. The van der Waals surface area contributed by atoms with Gasteiger partial charge in [-0.15, -0.1) is 0 Å². The van der Waals surface area contributed by atoms with Crippen molar-refractivity contribution < 1.29 is 0 Å². The second-order valence-corrected chi connectivity index (χ2v) is 4.37. The molecule has 1 aliphatic rings. The molecule has 0 aromatic rings. The Morgan fingerprint density at radius 2 is 2.00 bits per heavy atom. The molecular weight excluding hydrogens is 190 g/mol. The third-order valence-electron chi connectivity index (χ3n) is 2.80. The maximum atomic E-state index is 5.53. The van der Waals surface area contributed by atoms with Crippen LogP contribution in [0, 0.1) is 11.8 Å². The fourth-order valence-corrected chi connectivity index (χ4v) is 2.12. The van der Waals surface area contributed by atoms with Gasteiger partial charge in [0.05, 0.1) is 0 Å². The Balaban J connectivity index is 2.38. The maximum absolute atomic E-state index is 5.53. The van der Waals surface area contributed by atoms with Crippen molar-refractivity contribution in [2.45, 2.75) is 32.6 Å². The summed E-state index contributed by atoms with van der Waals surface area (Å²) in [4.78, 5) is 7.85. The Morgan fingerprint density at radius 3 is 2.60 bits per heavy atom. The van der Waals surface area contributed by atoms with Crippen LogP contribution in [0.2, 0.25) is 0 Å². The molecule has 0 saturated heterocycles. The van der Waals surface area contributed by atoms with E-state index in [1.807, 2.05) is 0 Å². The summed E-state index contributed by atoms with van der Waals surface area (Å²) in [6, 6.07) is 0. The van der Waals surface area contributed by atoms with Crippen molar-refractivity contribution in [2.75, 3.05) is 6.54 Å². The fraction of sp³-hybridized carbons (Fsp3) is 0.800. The smallest absolute Gasteiger partial charge is 0.218 e. The highest BCUT2D eigenvalue weighted by Crippen LogP contribution is 2.28. The van der Waals surface area contributed by atoms with Crippen molar-refractivity contribution >= 4 is 11.9 Å². The molecule has 0 aromatic heterocycles. The van der Waals surface area contributed by atoms with Crippen LogP contribution < -0.4 is 17.2 Å². The average molecular weight is 211 g/mol. The van der Waals surface area contributed by atoms with Crippen molar-refractivity contribution in [3.8, 4) is 0 Å². The summed E-state index contributed by atoms with van der Waals surface area (Å²) in [6.45, 7) is 3.03. The van der Waals surface area contributed by atoms with Crippen LogP contribution in [0.25, 0.3) is 0 Å². The fourth-order valence-electron chi connectivity index (χ4n) is 2.12. The molecule has 0 amide bonds. The van der Waals surface area contributed by atoms with Gasteiger partial charge in [-0.25, -0.2) is 0 Å². The van der Waals surface area contributed by atoms with E-state index >= 15 is 0 Å². The van der Waals surface area contributed by atoms with Crippen molar-refractivity contribution in [1.29, 1.82) is 0 Å². The van der Waals surface area contributed by atoms with E-state index in [0.717, 1.165) is 12.5 Å². The monoisotopic (exact) mass is 211 g/mol. The van der Waals surface area contributed by atoms with Gasteiger partial charge in [0.15, 0.2) is 5.96 Å². The Bertz CT molecular complexity index is 255. The minimum atomic E-state index is -0.0340. The highest BCUT2D eigenvalue weighted by atomic mass is 15.1. The number of nitrogens with two attached hydrogens (primary N) is 3. The molecule has 1 aliphatic carbocycles. The second-order valence-electron chi connectivity index (χ2n) is 4.37. The van der Waals surface area contributed by atoms with Gasteiger partial charge in [-0.05, 0) is 24.7 Å². The summed E-state index contributed by atoms with van der Waals surface area (Å²) in [6.07, 6.45) is 5.11. The molecule has 15 heavy (non-hydrogen) atoms. The molecule has 6 N–H and O–H groups in total.